The molecule has 0 bridgehead atoms. The third-order valence-electron chi connectivity index (χ3n) is 2.99. The molecule has 0 fully saturated rings. The van der Waals surface area contributed by atoms with Crippen LogP contribution in [0.2, 0.25) is 5.02 Å². The van der Waals surface area contributed by atoms with Crippen LogP contribution >= 0.6 is 27.5 Å². The highest BCUT2D eigenvalue weighted by Gasteiger charge is 2.10. The maximum Gasteiger partial charge on any atom is 0.0487 e. The quantitative estimate of drug-likeness (QED) is 0.462. The van der Waals surface area contributed by atoms with Crippen molar-refractivity contribution in [3.63, 3.8) is 0 Å². The monoisotopic (exact) mass is 348 g/mol. The highest BCUT2D eigenvalue weighted by molar-refractivity contribution is 9.09. The molecule has 0 aromatic heterocycles. The summed E-state index contributed by atoms with van der Waals surface area (Å²) in [6.07, 6.45) is 3.00. The number of benzene rings is 1. The molecule has 0 spiro atoms. The van der Waals surface area contributed by atoms with E-state index >= 15 is 0 Å². The van der Waals surface area contributed by atoms with Gasteiger partial charge in [0.05, 0.1) is 0 Å². The Bertz CT molecular complexity index is 347. The second-order valence-electron chi connectivity index (χ2n) is 4.56. The fourth-order valence-corrected chi connectivity index (χ4v) is 2.63. The largest absolute Gasteiger partial charge is 0.385 e. The van der Waals surface area contributed by atoms with Gasteiger partial charge in [-0.2, -0.15) is 0 Å². The molecular formula is C15H22BrClO2. The van der Waals surface area contributed by atoms with Crippen molar-refractivity contribution in [1.29, 1.82) is 0 Å². The summed E-state index contributed by atoms with van der Waals surface area (Å²) < 4.78 is 10.6. The van der Waals surface area contributed by atoms with Crippen LogP contribution in [-0.4, -0.2) is 32.3 Å². The molecule has 1 aromatic rings. The Morgan fingerprint density at radius 3 is 2.68 bits per heavy atom. The molecule has 108 valence electrons. The molecule has 1 aromatic carbocycles. The molecule has 1 unspecified atom stereocenters. The fourth-order valence-electron chi connectivity index (χ4n) is 1.87. The number of ether oxygens (including phenoxy) is 2. The molecular weight excluding hydrogens is 328 g/mol. The Morgan fingerprint density at radius 2 is 2.00 bits per heavy atom. The van der Waals surface area contributed by atoms with Gasteiger partial charge in [-0.05, 0) is 36.8 Å². The summed E-state index contributed by atoms with van der Waals surface area (Å²) in [5.74, 6) is 0.558. The zero-order valence-corrected chi connectivity index (χ0v) is 13.8. The van der Waals surface area contributed by atoms with Crippen LogP contribution in [0.5, 0.6) is 0 Å². The highest BCUT2D eigenvalue weighted by atomic mass is 79.9. The van der Waals surface area contributed by atoms with Crippen molar-refractivity contribution in [3.8, 4) is 0 Å². The zero-order valence-electron chi connectivity index (χ0n) is 11.4. The van der Waals surface area contributed by atoms with Crippen LogP contribution in [0.25, 0.3) is 0 Å². The van der Waals surface area contributed by atoms with Crippen LogP contribution in [0.3, 0.4) is 0 Å². The minimum atomic E-state index is 0.558. The zero-order chi connectivity index (χ0) is 13.9. The van der Waals surface area contributed by atoms with Gasteiger partial charge in [-0.25, -0.2) is 0 Å². The SMILES string of the molecule is COCCCOCCC(CBr)Cc1ccccc1Cl. The Balaban J connectivity index is 2.24. The van der Waals surface area contributed by atoms with Crippen LogP contribution in [0.15, 0.2) is 24.3 Å². The molecule has 0 aliphatic rings. The van der Waals surface area contributed by atoms with Crippen molar-refractivity contribution in [2.45, 2.75) is 19.3 Å². The van der Waals surface area contributed by atoms with Gasteiger partial charge in [0.2, 0.25) is 0 Å². The van der Waals surface area contributed by atoms with Crippen molar-refractivity contribution in [2.75, 3.05) is 32.3 Å². The summed E-state index contributed by atoms with van der Waals surface area (Å²) in [6, 6.07) is 8.04. The first-order valence-corrected chi connectivity index (χ1v) is 8.14. The fraction of sp³-hybridized carbons (Fsp3) is 0.600. The third kappa shape index (κ3) is 7.31. The van der Waals surface area contributed by atoms with E-state index in [1.165, 1.54) is 5.56 Å². The van der Waals surface area contributed by atoms with Gasteiger partial charge in [0.15, 0.2) is 0 Å². The molecule has 0 heterocycles. The number of halogens is 2. The Labute approximate surface area is 129 Å². The van der Waals surface area contributed by atoms with E-state index in [2.05, 4.69) is 22.0 Å². The predicted octanol–water partition coefficient (Wildman–Crippen LogP) is 4.34. The first kappa shape index (κ1) is 17.0. The topological polar surface area (TPSA) is 18.5 Å². The average molecular weight is 350 g/mol. The average Bonchev–Trinajstić information content (AvgIpc) is 2.43. The van der Waals surface area contributed by atoms with Crippen molar-refractivity contribution >= 4 is 27.5 Å². The van der Waals surface area contributed by atoms with Crippen molar-refractivity contribution in [1.82, 2.24) is 0 Å². The van der Waals surface area contributed by atoms with Crippen LogP contribution in [0.4, 0.5) is 0 Å². The van der Waals surface area contributed by atoms with Crippen molar-refractivity contribution in [2.24, 2.45) is 5.92 Å². The number of rotatable bonds is 10. The Hall–Kier alpha value is -0.0900. The molecule has 0 amide bonds. The molecule has 0 aliphatic carbocycles. The molecule has 0 saturated heterocycles. The lowest BCUT2D eigenvalue weighted by molar-refractivity contribution is 0.0953. The number of alkyl halides is 1. The first-order chi connectivity index (χ1) is 9.27. The van der Waals surface area contributed by atoms with Crippen molar-refractivity contribution < 1.29 is 9.47 Å². The lowest BCUT2D eigenvalue weighted by Gasteiger charge is -2.15. The molecule has 0 saturated carbocycles. The molecule has 2 nitrogen and oxygen atoms in total. The summed E-state index contributed by atoms with van der Waals surface area (Å²) in [6.45, 7) is 2.33. The molecule has 0 aliphatic heterocycles. The van der Waals surface area contributed by atoms with Gasteiger partial charge in [-0.15, -0.1) is 0 Å². The molecule has 1 atom stereocenters. The molecule has 19 heavy (non-hydrogen) atoms. The Kier molecular flexibility index (Phi) is 9.52. The molecule has 0 N–H and O–H groups in total. The van der Waals surface area contributed by atoms with Crippen LogP contribution in [0, 0.1) is 5.92 Å². The van der Waals surface area contributed by atoms with Gasteiger partial charge in [0.1, 0.15) is 0 Å². The van der Waals surface area contributed by atoms with Crippen LogP contribution < -0.4 is 0 Å². The molecule has 4 heteroatoms. The summed E-state index contributed by atoms with van der Waals surface area (Å²) in [7, 11) is 1.71. The lowest BCUT2D eigenvalue weighted by Crippen LogP contribution is -2.11. The van der Waals surface area contributed by atoms with Gasteiger partial charge in [0, 0.05) is 37.3 Å². The maximum absolute atomic E-state index is 6.18. The van der Waals surface area contributed by atoms with E-state index in [1.807, 2.05) is 18.2 Å². The van der Waals surface area contributed by atoms with Crippen LogP contribution in [-0.2, 0) is 15.9 Å². The molecule has 1 rings (SSSR count). The Morgan fingerprint density at radius 1 is 1.21 bits per heavy atom. The van der Waals surface area contributed by atoms with Gasteiger partial charge >= 0.3 is 0 Å². The second-order valence-corrected chi connectivity index (χ2v) is 5.62. The van der Waals surface area contributed by atoms with Crippen LogP contribution in [0.1, 0.15) is 18.4 Å². The van der Waals surface area contributed by atoms with E-state index in [-0.39, 0.29) is 0 Å². The summed E-state index contributed by atoms with van der Waals surface area (Å²) in [4.78, 5) is 0. The van der Waals surface area contributed by atoms with Gasteiger partial charge in [-0.3, -0.25) is 0 Å². The van der Waals surface area contributed by atoms with E-state index in [1.54, 1.807) is 7.11 Å². The minimum absolute atomic E-state index is 0.558. The smallest absolute Gasteiger partial charge is 0.0487 e. The van der Waals surface area contributed by atoms with E-state index < -0.39 is 0 Å². The third-order valence-corrected chi connectivity index (χ3v) is 4.28. The molecule has 0 radical (unpaired) electrons. The standard InChI is InChI=1S/C15H22BrClO2/c1-18-8-4-9-19-10-7-13(12-16)11-14-5-2-3-6-15(14)17/h2-3,5-6,13H,4,7-12H2,1H3. The lowest BCUT2D eigenvalue weighted by atomic mass is 9.98. The first-order valence-electron chi connectivity index (χ1n) is 6.64. The maximum atomic E-state index is 6.18. The van der Waals surface area contributed by atoms with E-state index in [0.29, 0.717) is 5.92 Å². The number of methoxy groups -OCH3 is 1. The number of hydrogen-bond donors (Lipinski definition) is 0. The summed E-state index contributed by atoms with van der Waals surface area (Å²) in [5.41, 5.74) is 1.22. The van der Waals surface area contributed by atoms with Gasteiger partial charge in [-0.1, -0.05) is 45.7 Å². The van der Waals surface area contributed by atoms with Crippen molar-refractivity contribution in [3.05, 3.63) is 34.9 Å². The van der Waals surface area contributed by atoms with Gasteiger partial charge < -0.3 is 9.47 Å². The van der Waals surface area contributed by atoms with E-state index in [0.717, 1.165) is 49.4 Å². The highest BCUT2D eigenvalue weighted by Crippen LogP contribution is 2.21. The van der Waals surface area contributed by atoms with E-state index in [9.17, 15) is 0 Å². The number of hydrogen-bond acceptors (Lipinski definition) is 2. The normalized spacial score (nSPS) is 12.6. The van der Waals surface area contributed by atoms with Gasteiger partial charge in [0.25, 0.3) is 0 Å². The predicted molar refractivity (Wildman–Crippen MR) is 84.4 cm³/mol. The summed E-state index contributed by atoms with van der Waals surface area (Å²) >= 11 is 9.76. The summed E-state index contributed by atoms with van der Waals surface area (Å²) in [5, 5.41) is 1.83. The second kappa shape index (κ2) is 10.7. The minimum Gasteiger partial charge on any atom is -0.385 e. The van der Waals surface area contributed by atoms with E-state index in [4.69, 9.17) is 21.1 Å².